The van der Waals surface area contributed by atoms with Gasteiger partial charge < -0.3 is 14.8 Å². The van der Waals surface area contributed by atoms with Crippen LogP contribution in [0.15, 0.2) is 48.8 Å². The first-order valence-electron chi connectivity index (χ1n) is 8.09. The number of anilines is 1. The summed E-state index contributed by atoms with van der Waals surface area (Å²) in [7, 11) is 3.12. The molecule has 3 rings (SSSR count). The highest BCUT2D eigenvalue weighted by atomic mass is 32.1. The number of carbonyl (C=O) groups excluding carboxylic acids is 1. The second kappa shape index (κ2) is 8.34. The zero-order valence-corrected chi connectivity index (χ0v) is 15.7. The Balaban J connectivity index is 1.79. The summed E-state index contributed by atoms with van der Waals surface area (Å²) >= 11 is 1.36. The second-order valence-electron chi connectivity index (χ2n) is 5.60. The van der Waals surface area contributed by atoms with E-state index in [4.69, 9.17) is 9.47 Å². The fraction of sp³-hybridized carbons (Fsp3) is 0.150. The van der Waals surface area contributed by atoms with E-state index in [2.05, 4.69) is 16.4 Å². The third-order valence-corrected chi connectivity index (χ3v) is 5.02. The maximum atomic E-state index is 12.5. The number of benzene rings is 1. The smallest absolute Gasteiger partial charge is 0.229 e. The van der Waals surface area contributed by atoms with Gasteiger partial charge in [0.1, 0.15) is 22.6 Å². The van der Waals surface area contributed by atoms with Crippen LogP contribution >= 0.6 is 11.3 Å². The number of carbonyl (C=O) groups is 1. The lowest BCUT2D eigenvalue weighted by Crippen LogP contribution is -2.14. The average molecular weight is 379 g/mol. The molecule has 3 aromatic rings. The molecular weight excluding hydrogens is 362 g/mol. The maximum absolute atomic E-state index is 12.5. The number of hydrogen-bond acceptors (Lipinski definition) is 6. The van der Waals surface area contributed by atoms with Gasteiger partial charge in [0.15, 0.2) is 0 Å². The molecule has 0 unspecified atom stereocenters. The van der Waals surface area contributed by atoms with Crippen LogP contribution in [-0.4, -0.2) is 25.1 Å². The Bertz CT molecular complexity index is 993. The van der Waals surface area contributed by atoms with Crippen LogP contribution in [0.4, 0.5) is 5.00 Å². The number of nitriles is 1. The maximum Gasteiger partial charge on any atom is 0.229 e. The number of amides is 1. The van der Waals surface area contributed by atoms with Crippen molar-refractivity contribution < 1.29 is 14.3 Å². The first kappa shape index (κ1) is 18.4. The molecule has 27 heavy (non-hydrogen) atoms. The third-order valence-electron chi connectivity index (χ3n) is 3.92. The van der Waals surface area contributed by atoms with E-state index in [0.29, 0.717) is 22.1 Å². The molecule has 7 heteroatoms. The van der Waals surface area contributed by atoms with Crippen LogP contribution in [0.3, 0.4) is 0 Å². The molecule has 2 heterocycles. The predicted octanol–water partition coefficient (Wildman–Crippen LogP) is 3.88. The Kier molecular flexibility index (Phi) is 5.69. The number of nitrogens with one attached hydrogen (secondary N) is 1. The Morgan fingerprint density at radius 2 is 1.96 bits per heavy atom. The molecular formula is C20H17N3O3S. The number of aromatic nitrogens is 1. The molecule has 0 radical (unpaired) electrons. The minimum atomic E-state index is -0.224. The van der Waals surface area contributed by atoms with Crippen molar-refractivity contribution in [2.75, 3.05) is 19.5 Å². The van der Waals surface area contributed by atoms with Crippen LogP contribution < -0.4 is 14.8 Å². The zero-order chi connectivity index (χ0) is 19.2. The van der Waals surface area contributed by atoms with E-state index in [1.165, 1.54) is 11.3 Å². The summed E-state index contributed by atoms with van der Waals surface area (Å²) in [6, 6.07) is 12.9. The predicted molar refractivity (Wildman–Crippen MR) is 104 cm³/mol. The fourth-order valence-corrected chi connectivity index (χ4v) is 3.60. The van der Waals surface area contributed by atoms with Gasteiger partial charge in [0.2, 0.25) is 5.91 Å². The van der Waals surface area contributed by atoms with Gasteiger partial charge >= 0.3 is 0 Å². The zero-order valence-electron chi connectivity index (χ0n) is 14.9. The molecule has 1 N–H and O–H groups in total. The lowest BCUT2D eigenvalue weighted by atomic mass is 10.1. The van der Waals surface area contributed by atoms with Crippen LogP contribution in [0.25, 0.3) is 10.4 Å². The van der Waals surface area contributed by atoms with Gasteiger partial charge in [-0.25, -0.2) is 0 Å². The first-order chi connectivity index (χ1) is 13.1. The van der Waals surface area contributed by atoms with Gasteiger partial charge in [0, 0.05) is 28.9 Å². The van der Waals surface area contributed by atoms with E-state index in [1.807, 2.05) is 12.1 Å². The molecule has 0 atom stereocenters. The summed E-state index contributed by atoms with van der Waals surface area (Å²) in [4.78, 5) is 17.4. The van der Waals surface area contributed by atoms with Crippen molar-refractivity contribution in [3.63, 3.8) is 0 Å². The van der Waals surface area contributed by atoms with E-state index in [9.17, 15) is 10.1 Å². The number of thiophene rings is 1. The van der Waals surface area contributed by atoms with Gasteiger partial charge in [-0.3, -0.25) is 9.78 Å². The Morgan fingerprint density at radius 1 is 1.19 bits per heavy atom. The minimum absolute atomic E-state index is 0.126. The highest BCUT2D eigenvalue weighted by molar-refractivity contribution is 7.19. The van der Waals surface area contributed by atoms with Crippen LogP contribution in [0.2, 0.25) is 0 Å². The number of rotatable bonds is 6. The van der Waals surface area contributed by atoms with E-state index in [-0.39, 0.29) is 12.3 Å². The van der Waals surface area contributed by atoms with Crippen LogP contribution in [-0.2, 0) is 11.2 Å². The van der Waals surface area contributed by atoms with Gasteiger partial charge in [-0.1, -0.05) is 6.07 Å². The standard InChI is InChI=1S/C20H17N3O3S/c1-25-16-4-3-14(17(11-16)26-2)10-19(24)23-20-15(12-21)9-18(27-20)13-5-7-22-8-6-13/h3-9,11H,10H2,1-2H3,(H,23,24). The van der Waals surface area contributed by atoms with Crippen molar-refractivity contribution in [2.45, 2.75) is 6.42 Å². The topological polar surface area (TPSA) is 84.2 Å². The van der Waals surface area contributed by atoms with Crippen molar-refractivity contribution in [3.05, 3.63) is 59.9 Å². The lowest BCUT2D eigenvalue weighted by Gasteiger charge is -2.10. The molecule has 0 bridgehead atoms. The summed E-state index contributed by atoms with van der Waals surface area (Å²) in [5.41, 5.74) is 2.12. The number of nitrogens with zero attached hydrogens (tertiary/aromatic N) is 2. The molecule has 0 aliphatic carbocycles. The van der Waals surface area contributed by atoms with Crippen molar-refractivity contribution in [2.24, 2.45) is 0 Å². The van der Waals surface area contributed by atoms with E-state index < -0.39 is 0 Å². The fourth-order valence-electron chi connectivity index (χ4n) is 2.57. The molecule has 1 aromatic carbocycles. The number of ether oxygens (including phenoxy) is 2. The monoisotopic (exact) mass is 379 g/mol. The molecule has 0 aliphatic rings. The lowest BCUT2D eigenvalue weighted by molar-refractivity contribution is -0.115. The summed E-state index contributed by atoms with van der Waals surface area (Å²) in [6.07, 6.45) is 3.51. The highest BCUT2D eigenvalue weighted by Crippen LogP contribution is 2.35. The molecule has 0 saturated carbocycles. The molecule has 0 spiro atoms. The average Bonchev–Trinajstić information content (AvgIpc) is 3.11. The number of methoxy groups -OCH3 is 2. The Hall–Kier alpha value is -3.37. The first-order valence-corrected chi connectivity index (χ1v) is 8.91. The molecule has 2 aromatic heterocycles. The summed E-state index contributed by atoms with van der Waals surface area (Å²) in [5.74, 6) is 1.01. The molecule has 0 fully saturated rings. The van der Waals surface area contributed by atoms with Gasteiger partial charge in [-0.05, 0) is 29.8 Å². The number of pyridine rings is 1. The SMILES string of the molecule is COc1ccc(CC(=O)Nc2sc(-c3ccncc3)cc2C#N)c(OC)c1. The summed E-state index contributed by atoms with van der Waals surface area (Å²) in [6.45, 7) is 0. The van der Waals surface area contributed by atoms with Crippen molar-refractivity contribution >= 4 is 22.2 Å². The minimum Gasteiger partial charge on any atom is -0.497 e. The largest absolute Gasteiger partial charge is 0.497 e. The Morgan fingerprint density at radius 3 is 2.63 bits per heavy atom. The molecule has 6 nitrogen and oxygen atoms in total. The molecule has 136 valence electrons. The molecule has 0 aliphatic heterocycles. The summed E-state index contributed by atoms with van der Waals surface area (Å²) in [5, 5.41) is 12.7. The molecule has 0 saturated heterocycles. The summed E-state index contributed by atoms with van der Waals surface area (Å²) < 4.78 is 10.5. The number of hydrogen-bond donors (Lipinski definition) is 1. The van der Waals surface area contributed by atoms with Crippen molar-refractivity contribution in [1.29, 1.82) is 5.26 Å². The van der Waals surface area contributed by atoms with E-state index in [1.54, 1.807) is 50.9 Å². The van der Waals surface area contributed by atoms with Crippen molar-refractivity contribution in [1.82, 2.24) is 4.98 Å². The van der Waals surface area contributed by atoms with Crippen LogP contribution in [0, 0.1) is 11.3 Å². The van der Waals surface area contributed by atoms with Crippen molar-refractivity contribution in [3.8, 4) is 28.0 Å². The van der Waals surface area contributed by atoms with E-state index in [0.717, 1.165) is 16.0 Å². The third kappa shape index (κ3) is 4.25. The normalized spacial score (nSPS) is 10.1. The van der Waals surface area contributed by atoms with Crippen LogP contribution in [0.1, 0.15) is 11.1 Å². The van der Waals surface area contributed by atoms with Gasteiger partial charge in [-0.2, -0.15) is 5.26 Å². The van der Waals surface area contributed by atoms with Crippen LogP contribution in [0.5, 0.6) is 11.5 Å². The highest BCUT2D eigenvalue weighted by Gasteiger charge is 2.15. The second-order valence-corrected chi connectivity index (χ2v) is 6.66. The quantitative estimate of drug-likeness (QED) is 0.703. The van der Waals surface area contributed by atoms with Gasteiger partial charge in [0.25, 0.3) is 0 Å². The van der Waals surface area contributed by atoms with Gasteiger partial charge in [-0.15, -0.1) is 11.3 Å². The Labute approximate surface area is 161 Å². The molecule has 1 amide bonds. The van der Waals surface area contributed by atoms with E-state index >= 15 is 0 Å². The van der Waals surface area contributed by atoms with Gasteiger partial charge in [0.05, 0.1) is 26.2 Å².